The maximum Gasteiger partial charge on any atom is 0.416 e. The highest BCUT2D eigenvalue weighted by Gasteiger charge is 2.37. The van der Waals surface area contributed by atoms with Crippen LogP contribution in [0.25, 0.3) is 41.6 Å². The summed E-state index contributed by atoms with van der Waals surface area (Å²) in [5.41, 5.74) is -1.21. The molecule has 6 rings (SSSR count). The van der Waals surface area contributed by atoms with Crippen molar-refractivity contribution in [1.82, 2.24) is 16.1 Å². The zero-order valence-corrected chi connectivity index (χ0v) is 26.4. The number of hydrogen-bond donors (Lipinski definition) is 2. The van der Waals surface area contributed by atoms with E-state index in [-0.39, 0.29) is 27.5 Å². The highest BCUT2D eigenvalue weighted by Crippen LogP contribution is 2.39. The number of nitrogens with zero attached hydrogens (tertiary/aromatic N) is 2. The van der Waals surface area contributed by atoms with Gasteiger partial charge in [-0.1, -0.05) is 6.07 Å². The van der Waals surface area contributed by atoms with Gasteiger partial charge in [0.1, 0.15) is 20.1 Å². The Balaban J connectivity index is 0.00000433. The summed E-state index contributed by atoms with van der Waals surface area (Å²) in [6.07, 6.45) is -10.2. The minimum absolute atomic E-state index is 0. The molecule has 2 heterocycles. The number of aryl methyl sites for hydroxylation is 1. The molecule has 8 nitrogen and oxygen atoms in total. The number of nitrogens with one attached hydrogen (secondary N) is 1. The third-order valence-corrected chi connectivity index (χ3v) is 10.2. The molecule has 47 heavy (non-hydrogen) atoms. The molecule has 0 bridgehead atoms. The van der Waals surface area contributed by atoms with E-state index in [1.165, 1.54) is 29.5 Å². The number of alkyl halides is 6. The summed E-state index contributed by atoms with van der Waals surface area (Å²) in [5.74, 6) is -1.15. The van der Waals surface area contributed by atoms with Crippen molar-refractivity contribution in [1.29, 1.82) is 0 Å². The van der Waals surface area contributed by atoms with Crippen LogP contribution in [-0.2, 0) is 22.5 Å². The third-order valence-electron chi connectivity index (χ3n) is 6.83. The molecule has 0 saturated heterocycles. The SMILES string of the molecule is Cc1ccc2nc(-c3ccc4nc(-c5ccc(NC(=O)c6cc(C(F)(F)F)cc(C(F)(F)F)c6)cc5)sc4c3)sc2c1S(=O)(=O)[O-].[NH4+]. The van der Waals surface area contributed by atoms with Gasteiger partial charge in [-0.2, -0.15) is 26.3 Å². The van der Waals surface area contributed by atoms with Crippen molar-refractivity contribution in [3.05, 3.63) is 95.1 Å². The van der Waals surface area contributed by atoms with Crippen LogP contribution in [0.1, 0.15) is 27.0 Å². The van der Waals surface area contributed by atoms with Crippen LogP contribution in [0, 0.1) is 6.92 Å². The van der Waals surface area contributed by atoms with Crippen molar-refractivity contribution in [2.24, 2.45) is 0 Å². The van der Waals surface area contributed by atoms with Gasteiger partial charge in [0.05, 0.1) is 36.5 Å². The number of aromatic nitrogens is 2. The highest BCUT2D eigenvalue weighted by molar-refractivity contribution is 7.86. The summed E-state index contributed by atoms with van der Waals surface area (Å²) < 4.78 is 116. The fourth-order valence-electron chi connectivity index (χ4n) is 4.67. The lowest BCUT2D eigenvalue weighted by atomic mass is 10.0. The van der Waals surface area contributed by atoms with Gasteiger partial charge in [-0.3, -0.25) is 4.79 Å². The molecule has 0 aliphatic rings. The second-order valence-electron chi connectivity index (χ2n) is 10.1. The lowest BCUT2D eigenvalue weighted by Gasteiger charge is -2.14. The molecule has 6 aromatic rings. The second-order valence-corrected chi connectivity index (χ2v) is 13.4. The normalized spacial score (nSPS) is 12.3. The second kappa shape index (κ2) is 12.0. The summed E-state index contributed by atoms with van der Waals surface area (Å²) >= 11 is 2.41. The van der Waals surface area contributed by atoms with Gasteiger partial charge in [0, 0.05) is 22.4 Å². The first kappa shape index (κ1) is 33.9. The van der Waals surface area contributed by atoms with E-state index in [2.05, 4.69) is 15.3 Å². The topological polar surface area (TPSA) is 149 Å². The van der Waals surface area contributed by atoms with Crippen LogP contribution in [0.4, 0.5) is 32.0 Å². The van der Waals surface area contributed by atoms with Crippen molar-refractivity contribution in [2.45, 2.75) is 24.2 Å². The zero-order chi connectivity index (χ0) is 33.2. The van der Waals surface area contributed by atoms with Gasteiger partial charge in [0.15, 0.2) is 0 Å². The molecule has 0 fully saturated rings. The fraction of sp³-hybridized carbons (Fsp3) is 0.100. The standard InChI is InChI=1S/C30H17F6N3O4S3.H3N/c1-14-2-8-22-24(25(14)46(41,42)43)45-28(39-22)16-5-9-21-23(12-16)44-27(38-21)15-3-6-20(7-4-15)37-26(40)17-10-18(29(31,32)33)13-19(11-17)30(34,35)36;/h2-13H,1H3,(H,37,40)(H,41,42,43);1H3. The average molecular weight is 711 g/mol. The predicted octanol–water partition coefficient (Wildman–Crippen LogP) is 9.12. The Hall–Kier alpha value is -4.42. The number of carbonyl (C=O) groups excluding carboxylic acids is 1. The predicted molar refractivity (Wildman–Crippen MR) is 167 cm³/mol. The van der Waals surface area contributed by atoms with Gasteiger partial charge in [-0.25, -0.2) is 18.4 Å². The smallest absolute Gasteiger partial charge is 0.416 e. The monoisotopic (exact) mass is 710 g/mol. The first-order valence-electron chi connectivity index (χ1n) is 13.0. The summed E-state index contributed by atoms with van der Waals surface area (Å²) in [6, 6.07) is 15.2. The minimum Gasteiger partial charge on any atom is -0.744 e. The van der Waals surface area contributed by atoms with Crippen LogP contribution in [-0.4, -0.2) is 28.8 Å². The van der Waals surface area contributed by atoms with Crippen molar-refractivity contribution in [3.63, 3.8) is 0 Å². The molecule has 0 atom stereocenters. The zero-order valence-electron chi connectivity index (χ0n) is 23.9. The van der Waals surface area contributed by atoms with E-state index in [9.17, 15) is 44.1 Å². The number of amides is 1. The van der Waals surface area contributed by atoms with E-state index >= 15 is 0 Å². The number of hydrogen-bond acceptors (Lipinski definition) is 8. The molecule has 17 heteroatoms. The number of thiazole rings is 2. The lowest BCUT2D eigenvalue weighted by Crippen LogP contribution is -2.17. The molecule has 0 unspecified atom stereocenters. The molecular formula is C30H20F6N4O4S3. The molecule has 0 radical (unpaired) electrons. The summed E-state index contributed by atoms with van der Waals surface area (Å²) in [5, 5.41) is 3.41. The van der Waals surface area contributed by atoms with E-state index in [1.807, 2.05) is 6.07 Å². The Bertz CT molecular complexity index is 2250. The Kier molecular flexibility index (Phi) is 8.65. The summed E-state index contributed by atoms with van der Waals surface area (Å²) in [4.78, 5) is 21.4. The third kappa shape index (κ3) is 6.84. The van der Waals surface area contributed by atoms with Gasteiger partial charge in [-0.15, -0.1) is 22.7 Å². The quantitative estimate of drug-likeness (QED) is 0.135. The van der Waals surface area contributed by atoms with Gasteiger partial charge >= 0.3 is 12.4 Å². The molecule has 4 aromatic carbocycles. The molecule has 244 valence electrons. The minimum atomic E-state index is -5.09. The molecule has 5 N–H and O–H groups in total. The molecule has 0 aliphatic carbocycles. The van der Waals surface area contributed by atoms with E-state index in [4.69, 9.17) is 0 Å². The van der Waals surface area contributed by atoms with Crippen molar-refractivity contribution in [2.75, 3.05) is 5.32 Å². The van der Waals surface area contributed by atoms with Gasteiger partial charge in [0.25, 0.3) is 5.91 Å². The summed E-state index contributed by atoms with van der Waals surface area (Å²) in [6.45, 7) is 1.54. The maximum absolute atomic E-state index is 13.2. The number of fused-ring (bicyclic) bond motifs is 2. The van der Waals surface area contributed by atoms with Crippen LogP contribution >= 0.6 is 22.7 Å². The first-order valence-corrected chi connectivity index (χ1v) is 16.0. The van der Waals surface area contributed by atoms with Crippen LogP contribution in [0.3, 0.4) is 0 Å². The fourth-order valence-corrected chi connectivity index (χ4v) is 7.96. The Morgan fingerprint density at radius 2 is 1.32 bits per heavy atom. The Morgan fingerprint density at radius 1 is 0.766 bits per heavy atom. The van der Waals surface area contributed by atoms with Crippen molar-refractivity contribution < 1.29 is 44.1 Å². The molecule has 0 spiro atoms. The molecular weight excluding hydrogens is 691 g/mol. The van der Waals surface area contributed by atoms with E-state index in [0.29, 0.717) is 49.9 Å². The largest absolute Gasteiger partial charge is 0.744 e. The van der Waals surface area contributed by atoms with Crippen molar-refractivity contribution in [3.8, 4) is 21.1 Å². The maximum atomic E-state index is 13.2. The van der Waals surface area contributed by atoms with Crippen LogP contribution < -0.4 is 11.5 Å². The first-order chi connectivity index (χ1) is 21.5. The molecule has 0 aliphatic heterocycles. The van der Waals surface area contributed by atoms with Crippen LogP contribution in [0.2, 0.25) is 0 Å². The Labute approximate surface area is 270 Å². The number of benzene rings is 4. The van der Waals surface area contributed by atoms with Crippen molar-refractivity contribution >= 4 is 64.8 Å². The van der Waals surface area contributed by atoms with E-state index < -0.39 is 45.1 Å². The Morgan fingerprint density at radius 3 is 1.91 bits per heavy atom. The molecule has 0 saturated carbocycles. The lowest BCUT2D eigenvalue weighted by molar-refractivity contribution is -0.143. The van der Waals surface area contributed by atoms with Gasteiger partial charge in [-0.05, 0) is 79.2 Å². The van der Waals surface area contributed by atoms with Gasteiger partial charge < -0.3 is 16.0 Å². The van der Waals surface area contributed by atoms with Gasteiger partial charge in [0.2, 0.25) is 0 Å². The molecule has 1 amide bonds. The number of carbonyl (C=O) groups is 1. The van der Waals surface area contributed by atoms with E-state index in [0.717, 1.165) is 16.0 Å². The number of rotatable bonds is 5. The highest BCUT2D eigenvalue weighted by atomic mass is 32.2. The number of anilines is 1. The van der Waals surface area contributed by atoms with E-state index in [1.54, 1.807) is 37.3 Å². The average Bonchev–Trinajstić information content (AvgIpc) is 3.59. The van der Waals surface area contributed by atoms with Crippen LogP contribution in [0.5, 0.6) is 0 Å². The summed E-state index contributed by atoms with van der Waals surface area (Å²) in [7, 11) is -4.72. The number of quaternary nitrogens is 1. The molecule has 2 aromatic heterocycles. The number of halogens is 6. The van der Waals surface area contributed by atoms with Crippen LogP contribution in [0.15, 0.2) is 77.7 Å².